The van der Waals surface area contributed by atoms with Crippen molar-refractivity contribution < 1.29 is 14.4 Å². The molecule has 152 valence electrons. The van der Waals surface area contributed by atoms with Crippen LogP contribution in [0.15, 0.2) is 42.5 Å². The predicted octanol–water partition coefficient (Wildman–Crippen LogP) is 4.20. The molecule has 3 amide bonds. The average molecular weight is 414 g/mol. The predicted molar refractivity (Wildman–Crippen MR) is 114 cm³/mol. The van der Waals surface area contributed by atoms with Gasteiger partial charge in [0.15, 0.2) is 0 Å². The molecule has 1 unspecified atom stereocenters. The van der Waals surface area contributed by atoms with E-state index in [9.17, 15) is 14.4 Å². The second-order valence-corrected chi connectivity index (χ2v) is 7.79. The maximum Gasteiger partial charge on any atom is 0.227 e. The van der Waals surface area contributed by atoms with Crippen LogP contribution in [-0.2, 0) is 14.4 Å². The molecule has 2 aromatic carbocycles. The smallest absolute Gasteiger partial charge is 0.227 e. The molecule has 3 rings (SSSR count). The maximum absolute atomic E-state index is 12.7. The molecule has 0 aliphatic heterocycles. The van der Waals surface area contributed by atoms with Gasteiger partial charge in [-0.15, -0.1) is 0 Å². The fourth-order valence-corrected chi connectivity index (χ4v) is 3.13. The van der Waals surface area contributed by atoms with Gasteiger partial charge in [-0.1, -0.05) is 29.8 Å². The van der Waals surface area contributed by atoms with Crippen LogP contribution < -0.4 is 16.0 Å². The van der Waals surface area contributed by atoms with Crippen molar-refractivity contribution >= 4 is 40.7 Å². The molecular weight excluding hydrogens is 390 g/mol. The molecule has 1 saturated carbocycles. The summed E-state index contributed by atoms with van der Waals surface area (Å²) in [5.41, 5.74) is 2.95. The van der Waals surface area contributed by atoms with Crippen LogP contribution in [0.1, 0.15) is 43.4 Å². The molecule has 0 spiro atoms. The molecule has 3 N–H and O–H groups in total. The molecule has 0 bridgehead atoms. The fourth-order valence-electron chi connectivity index (χ4n) is 3.00. The van der Waals surface area contributed by atoms with E-state index in [1.165, 1.54) is 6.92 Å². The quantitative estimate of drug-likeness (QED) is 0.635. The monoisotopic (exact) mass is 413 g/mol. The molecule has 7 heteroatoms. The summed E-state index contributed by atoms with van der Waals surface area (Å²) in [6.07, 6.45) is 1.92. The summed E-state index contributed by atoms with van der Waals surface area (Å²) in [6, 6.07) is 12.0. The Kier molecular flexibility index (Phi) is 6.54. The minimum absolute atomic E-state index is 0.0135. The van der Waals surface area contributed by atoms with Gasteiger partial charge in [0, 0.05) is 29.2 Å². The number of aryl methyl sites for hydroxylation is 1. The van der Waals surface area contributed by atoms with Gasteiger partial charge in [-0.2, -0.15) is 0 Å². The van der Waals surface area contributed by atoms with Crippen LogP contribution in [0.4, 0.5) is 11.4 Å². The number of halogens is 1. The van der Waals surface area contributed by atoms with Crippen LogP contribution >= 0.6 is 11.6 Å². The highest BCUT2D eigenvalue weighted by Gasteiger charge is 2.29. The van der Waals surface area contributed by atoms with Crippen LogP contribution in [0.5, 0.6) is 0 Å². The number of benzene rings is 2. The lowest BCUT2D eigenvalue weighted by Gasteiger charge is -2.19. The largest absolute Gasteiger partial charge is 0.349 e. The topological polar surface area (TPSA) is 87.3 Å². The zero-order chi connectivity index (χ0) is 21.0. The number of anilines is 2. The van der Waals surface area contributed by atoms with Crippen molar-refractivity contribution in [1.82, 2.24) is 5.32 Å². The first-order chi connectivity index (χ1) is 13.8. The zero-order valence-corrected chi connectivity index (χ0v) is 17.2. The molecular formula is C22H24ClN3O3. The minimum atomic E-state index is -0.470. The molecule has 0 aromatic heterocycles. The first-order valence-corrected chi connectivity index (χ1v) is 9.93. The van der Waals surface area contributed by atoms with Crippen LogP contribution in [-0.4, -0.2) is 17.7 Å². The molecule has 1 aliphatic carbocycles. The Morgan fingerprint density at radius 3 is 2.38 bits per heavy atom. The van der Waals surface area contributed by atoms with E-state index in [0.717, 1.165) is 24.0 Å². The lowest BCUT2D eigenvalue weighted by Crippen LogP contribution is -2.29. The summed E-state index contributed by atoms with van der Waals surface area (Å²) >= 11 is 5.93. The van der Waals surface area contributed by atoms with Gasteiger partial charge in [0.2, 0.25) is 17.7 Å². The number of hydrogen-bond donors (Lipinski definition) is 3. The summed E-state index contributed by atoms with van der Waals surface area (Å²) in [4.78, 5) is 36.2. The summed E-state index contributed by atoms with van der Waals surface area (Å²) in [7, 11) is 0. The van der Waals surface area contributed by atoms with Crippen molar-refractivity contribution in [1.29, 1.82) is 0 Å². The molecule has 1 atom stereocenters. The van der Waals surface area contributed by atoms with Crippen LogP contribution in [0, 0.1) is 12.8 Å². The van der Waals surface area contributed by atoms with Crippen molar-refractivity contribution in [3.63, 3.8) is 0 Å². The maximum atomic E-state index is 12.7. The Bertz CT molecular complexity index is 923. The Morgan fingerprint density at radius 1 is 1.07 bits per heavy atom. The van der Waals surface area contributed by atoms with Gasteiger partial charge >= 0.3 is 0 Å². The van der Waals surface area contributed by atoms with Gasteiger partial charge in [0.25, 0.3) is 0 Å². The number of carbonyl (C=O) groups excluding carboxylic acids is 3. The van der Waals surface area contributed by atoms with Gasteiger partial charge in [0.05, 0.1) is 12.5 Å². The third-order valence-electron chi connectivity index (χ3n) is 4.77. The summed E-state index contributed by atoms with van der Waals surface area (Å²) in [6.45, 7) is 3.30. The molecule has 1 aliphatic rings. The Balaban J connectivity index is 1.69. The van der Waals surface area contributed by atoms with Gasteiger partial charge in [-0.05, 0) is 55.2 Å². The third kappa shape index (κ3) is 6.06. The molecule has 0 saturated heterocycles. The number of carbonyl (C=O) groups is 3. The first-order valence-electron chi connectivity index (χ1n) is 9.56. The summed E-state index contributed by atoms with van der Waals surface area (Å²) in [5, 5.41) is 9.16. The van der Waals surface area contributed by atoms with E-state index in [0.29, 0.717) is 16.4 Å². The molecule has 2 aromatic rings. The van der Waals surface area contributed by atoms with Crippen LogP contribution in [0.3, 0.4) is 0 Å². The zero-order valence-electron chi connectivity index (χ0n) is 16.4. The Labute approximate surface area is 175 Å². The number of amides is 3. The van der Waals surface area contributed by atoms with E-state index in [1.807, 2.05) is 19.1 Å². The summed E-state index contributed by atoms with van der Waals surface area (Å²) in [5.74, 6) is -0.349. The highest BCUT2D eigenvalue weighted by molar-refractivity contribution is 6.30. The molecule has 29 heavy (non-hydrogen) atoms. The average Bonchev–Trinajstić information content (AvgIpc) is 3.49. The van der Waals surface area contributed by atoms with Crippen LogP contribution in [0.2, 0.25) is 5.02 Å². The van der Waals surface area contributed by atoms with Crippen molar-refractivity contribution in [2.45, 2.75) is 39.2 Å². The lowest BCUT2D eigenvalue weighted by molar-refractivity contribution is -0.120. The lowest BCUT2D eigenvalue weighted by atomic mass is 10.0. The normalized spacial score (nSPS) is 14.0. The second-order valence-electron chi connectivity index (χ2n) is 7.35. The van der Waals surface area contributed by atoms with E-state index >= 15 is 0 Å². The van der Waals surface area contributed by atoms with Gasteiger partial charge < -0.3 is 16.0 Å². The van der Waals surface area contributed by atoms with Gasteiger partial charge in [0.1, 0.15) is 0 Å². The van der Waals surface area contributed by atoms with E-state index in [2.05, 4.69) is 16.0 Å². The Hall–Kier alpha value is -2.86. The molecule has 0 radical (unpaired) electrons. The van der Waals surface area contributed by atoms with E-state index in [-0.39, 0.29) is 30.1 Å². The highest BCUT2D eigenvalue weighted by atomic mass is 35.5. The van der Waals surface area contributed by atoms with Crippen LogP contribution in [0.25, 0.3) is 0 Å². The molecule has 6 nitrogen and oxygen atoms in total. The molecule has 0 heterocycles. The first kappa shape index (κ1) is 20.9. The van der Waals surface area contributed by atoms with Crippen molar-refractivity contribution in [2.75, 3.05) is 10.6 Å². The van der Waals surface area contributed by atoms with E-state index in [4.69, 9.17) is 11.6 Å². The van der Waals surface area contributed by atoms with E-state index < -0.39 is 6.04 Å². The number of hydrogen-bond acceptors (Lipinski definition) is 3. The van der Waals surface area contributed by atoms with Crippen molar-refractivity contribution in [2.24, 2.45) is 5.92 Å². The number of rotatable bonds is 7. The molecule has 1 fully saturated rings. The fraction of sp³-hybridized carbons (Fsp3) is 0.318. The van der Waals surface area contributed by atoms with Gasteiger partial charge in [-0.25, -0.2) is 0 Å². The Morgan fingerprint density at radius 2 is 1.76 bits per heavy atom. The van der Waals surface area contributed by atoms with Gasteiger partial charge in [-0.3, -0.25) is 14.4 Å². The number of nitrogens with one attached hydrogen (secondary N) is 3. The third-order valence-corrected chi connectivity index (χ3v) is 5.02. The van der Waals surface area contributed by atoms with E-state index in [1.54, 1.807) is 30.3 Å². The summed E-state index contributed by atoms with van der Waals surface area (Å²) < 4.78 is 0. The standard InChI is InChI=1S/C22H24ClN3O3/c1-13-3-10-18(25-22(29)16-4-5-16)11-19(13)26-21(28)12-20(24-14(2)27)15-6-8-17(23)9-7-15/h3,6-11,16,20H,4-5,12H2,1-2H3,(H,24,27)(H,25,29)(H,26,28). The van der Waals surface area contributed by atoms with Crippen molar-refractivity contribution in [3.05, 3.63) is 58.6 Å². The minimum Gasteiger partial charge on any atom is -0.349 e. The highest BCUT2D eigenvalue weighted by Crippen LogP contribution is 2.31. The SMILES string of the molecule is CC(=O)NC(CC(=O)Nc1cc(NC(=O)C2CC2)ccc1C)c1ccc(Cl)cc1. The van der Waals surface area contributed by atoms with Crippen molar-refractivity contribution in [3.8, 4) is 0 Å². The second kappa shape index (κ2) is 9.09.